The van der Waals surface area contributed by atoms with Gasteiger partial charge in [-0.25, -0.2) is 4.98 Å². The van der Waals surface area contributed by atoms with E-state index in [2.05, 4.69) is 11.9 Å². The van der Waals surface area contributed by atoms with Crippen molar-refractivity contribution in [1.29, 1.82) is 0 Å². The Hall–Kier alpha value is -1.55. The number of unbranched alkanes of at least 4 members (excludes halogenated alkanes) is 5. The Bertz CT molecular complexity index is 522. The third-order valence-corrected chi connectivity index (χ3v) is 3.36. The van der Waals surface area contributed by atoms with Crippen LogP contribution in [0, 0.1) is 0 Å². The summed E-state index contributed by atoms with van der Waals surface area (Å²) in [4.78, 5) is 4.35. The fourth-order valence-electron chi connectivity index (χ4n) is 2.22. The Morgan fingerprint density at radius 3 is 2.75 bits per heavy atom. The second-order valence-electron chi connectivity index (χ2n) is 5.12. The highest BCUT2D eigenvalue weighted by Crippen LogP contribution is 2.21. The van der Waals surface area contributed by atoms with E-state index in [0.717, 1.165) is 24.1 Å². The minimum absolute atomic E-state index is 0.420. The molecule has 2 aromatic rings. The van der Waals surface area contributed by atoms with Crippen molar-refractivity contribution in [3.05, 3.63) is 24.1 Å². The molecule has 1 heterocycles. The van der Waals surface area contributed by atoms with Crippen molar-refractivity contribution >= 4 is 16.8 Å². The quantitative estimate of drug-likeness (QED) is 0.548. The average molecular weight is 276 g/mol. The Morgan fingerprint density at radius 1 is 1.15 bits per heavy atom. The Balaban J connectivity index is 1.67. The van der Waals surface area contributed by atoms with Crippen LogP contribution >= 0.6 is 0 Å². The van der Waals surface area contributed by atoms with Gasteiger partial charge in [-0.1, -0.05) is 45.1 Å². The van der Waals surface area contributed by atoms with Gasteiger partial charge >= 0.3 is 0 Å². The molecule has 1 aromatic carbocycles. The zero-order chi connectivity index (χ0) is 14.2. The molecule has 0 aliphatic carbocycles. The lowest BCUT2D eigenvalue weighted by atomic mass is 10.1. The van der Waals surface area contributed by atoms with E-state index >= 15 is 0 Å². The summed E-state index contributed by atoms with van der Waals surface area (Å²) >= 11 is 0. The fraction of sp³-hybridized carbons (Fsp3) is 0.562. The predicted octanol–water partition coefficient (Wildman–Crippen LogP) is 4.29. The van der Waals surface area contributed by atoms with Crippen molar-refractivity contribution in [2.75, 3.05) is 12.3 Å². The van der Waals surface area contributed by atoms with Gasteiger partial charge in [0.15, 0.2) is 5.58 Å². The van der Waals surface area contributed by atoms with Crippen LogP contribution in [0.5, 0.6) is 0 Å². The normalized spacial score (nSPS) is 11.2. The van der Waals surface area contributed by atoms with Crippen LogP contribution in [-0.2, 0) is 11.3 Å². The van der Waals surface area contributed by atoms with E-state index in [4.69, 9.17) is 14.9 Å². The molecule has 110 valence electrons. The third kappa shape index (κ3) is 4.23. The number of para-hydroxylation sites is 1. The van der Waals surface area contributed by atoms with Gasteiger partial charge in [0.2, 0.25) is 5.89 Å². The highest BCUT2D eigenvalue weighted by molar-refractivity contribution is 5.85. The number of hydrogen-bond donors (Lipinski definition) is 1. The molecule has 0 unspecified atom stereocenters. The smallest absolute Gasteiger partial charge is 0.221 e. The van der Waals surface area contributed by atoms with Gasteiger partial charge in [-0.2, -0.15) is 0 Å². The molecule has 20 heavy (non-hydrogen) atoms. The number of ether oxygens (including phenoxy) is 1. The Kier molecular flexibility index (Phi) is 5.87. The first-order valence-corrected chi connectivity index (χ1v) is 7.53. The summed E-state index contributed by atoms with van der Waals surface area (Å²) in [5.41, 5.74) is 7.94. The van der Waals surface area contributed by atoms with E-state index in [1.807, 2.05) is 18.2 Å². The largest absolute Gasteiger partial charge is 0.438 e. The summed E-state index contributed by atoms with van der Waals surface area (Å²) in [5.74, 6) is 0.601. The lowest BCUT2D eigenvalue weighted by Crippen LogP contribution is -1.96. The van der Waals surface area contributed by atoms with Gasteiger partial charge in [-0.15, -0.1) is 0 Å². The van der Waals surface area contributed by atoms with Gasteiger partial charge in [0.25, 0.3) is 0 Å². The molecule has 0 saturated heterocycles. The number of oxazole rings is 1. The lowest BCUT2D eigenvalue weighted by molar-refractivity contribution is 0.100. The average Bonchev–Trinajstić information content (AvgIpc) is 2.86. The number of anilines is 1. The molecular weight excluding hydrogens is 252 g/mol. The predicted molar refractivity (Wildman–Crippen MR) is 81.5 cm³/mol. The first kappa shape index (κ1) is 14.9. The molecule has 0 aliphatic rings. The van der Waals surface area contributed by atoms with Crippen LogP contribution in [0.2, 0.25) is 0 Å². The van der Waals surface area contributed by atoms with Crippen LogP contribution in [0.4, 0.5) is 5.69 Å². The van der Waals surface area contributed by atoms with Crippen LogP contribution in [0.3, 0.4) is 0 Å². The third-order valence-electron chi connectivity index (χ3n) is 3.36. The summed E-state index contributed by atoms with van der Waals surface area (Å²) in [6, 6.07) is 5.56. The molecule has 2 N–H and O–H groups in total. The summed E-state index contributed by atoms with van der Waals surface area (Å²) in [7, 11) is 0. The van der Waals surface area contributed by atoms with Crippen LogP contribution in [0.15, 0.2) is 22.6 Å². The van der Waals surface area contributed by atoms with Crippen LogP contribution < -0.4 is 5.73 Å². The molecule has 0 bridgehead atoms. The number of benzene rings is 1. The number of aromatic nitrogens is 1. The Labute approximate surface area is 120 Å². The molecule has 0 atom stereocenters. The van der Waals surface area contributed by atoms with Crippen LogP contribution in [-0.4, -0.2) is 11.6 Å². The Morgan fingerprint density at radius 2 is 1.95 bits per heavy atom. The minimum Gasteiger partial charge on any atom is -0.438 e. The van der Waals surface area contributed by atoms with Gasteiger partial charge in [0.05, 0.1) is 5.69 Å². The maximum atomic E-state index is 5.84. The molecule has 4 nitrogen and oxygen atoms in total. The maximum Gasteiger partial charge on any atom is 0.221 e. The van der Waals surface area contributed by atoms with Crippen molar-refractivity contribution in [3.63, 3.8) is 0 Å². The molecule has 0 radical (unpaired) electrons. The number of rotatable bonds is 9. The van der Waals surface area contributed by atoms with Gasteiger partial charge < -0.3 is 14.9 Å². The van der Waals surface area contributed by atoms with Crippen LogP contribution in [0.1, 0.15) is 51.3 Å². The SMILES string of the molecule is CCCCCCCCOCc1nc2c(N)cccc2o1. The molecule has 0 fully saturated rings. The first-order chi connectivity index (χ1) is 9.81. The molecule has 0 aliphatic heterocycles. The zero-order valence-corrected chi connectivity index (χ0v) is 12.2. The summed E-state index contributed by atoms with van der Waals surface area (Å²) in [6.07, 6.45) is 7.60. The monoisotopic (exact) mass is 276 g/mol. The second kappa shape index (κ2) is 7.90. The van der Waals surface area contributed by atoms with E-state index < -0.39 is 0 Å². The molecule has 4 heteroatoms. The van der Waals surface area contributed by atoms with Crippen molar-refractivity contribution in [2.45, 2.75) is 52.1 Å². The van der Waals surface area contributed by atoms with E-state index in [1.54, 1.807) is 0 Å². The minimum atomic E-state index is 0.420. The second-order valence-corrected chi connectivity index (χ2v) is 5.12. The maximum absolute atomic E-state index is 5.84. The topological polar surface area (TPSA) is 61.3 Å². The summed E-state index contributed by atoms with van der Waals surface area (Å²) in [5, 5.41) is 0. The molecule has 0 amide bonds. The fourth-order valence-corrected chi connectivity index (χ4v) is 2.22. The van der Waals surface area contributed by atoms with E-state index in [-0.39, 0.29) is 0 Å². The molecule has 2 rings (SSSR count). The van der Waals surface area contributed by atoms with Crippen molar-refractivity contribution in [2.24, 2.45) is 0 Å². The van der Waals surface area contributed by atoms with Crippen LogP contribution in [0.25, 0.3) is 11.1 Å². The van der Waals surface area contributed by atoms with E-state index in [1.165, 1.54) is 32.1 Å². The van der Waals surface area contributed by atoms with Gasteiger partial charge in [0, 0.05) is 6.61 Å². The molecule has 0 spiro atoms. The van der Waals surface area contributed by atoms with E-state index in [0.29, 0.717) is 18.2 Å². The van der Waals surface area contributed by atoms with Gasteiger partial charge in [-0.3, -0.25) is 0 Å². The van der Waals surface area contributed by atoms with Crippen molar-refractivity contribution in [1.82, 2.24) is 4.98 Å². The highest BCUT2D eigenvalue weighted by atomic mass is 16.5. The number of nitrogens with zero attached hydrogens (tertiary/aromatic N) is 1. The highest BCUT2D eigenvalue weighted by Gasteiger charge is 2.07. The van der Waals surface area contributed by atoms with Crippen molar-refractivity contribution in [3.8, 4) is 0 Å². The zero-order valence-electron chi connectivity index (χ0n) is 12.2. The summed E-state index contributed by atoms with van der Waals surface area (Å²) in [6.45, 7) is 3.42. The molecular formula is C16H24N2O2. The molecule has 1 aromatic heterocycles. The number of hydrogen-bond acceptors (Lipinski definition) is 4. The number of nitrogen functional groups attached to an aromatic ring is 1. The lowest BCUT2D eigenvalue weighted by Gasteiger charge is -2.01. The molecule has 0 saturated carbocycles. The van der Waals surface area contributed by atoms with Gasteiger partial charge in [0.1, 0.15) is 12.1 Å². The van der Waals surface area contributed by atoms with E-state index in [9.17, 15) is 0 Å². The standard InChI is InChI=1S/C16H24N2O2/c1-2-3-4-5-6-7-11-19-12-15-18-16-13(17)9-8-10-14(16)20-15/h8-10H,2-7,11-12,17H2,1H3. The summed E-state index contributed by atoms with van der Waals surface area (Å²) < 4.78 is 11.2. The first-order valence-electron chi connectivity index (χ1n) is 7.53. The number of fused-ring (bicyclic) bond motifs is 1. The van der Waals surface area contributed by atoms with Crippen molar-refractivity contribution < 1.29 is 9.15 Å². The van der Waals surface area contributed by atoms with Gasteiger partial charge in [-0.05, 0) is 18.6 Å². The number of nitrogens with two attached hydrogens (primary N) is 1.